The molecule has 182 valence electrons. The smallest absolute Gasteiger partial charge is 0.222 e. The number of allylic oxidation sites excluding steroid dienone is 1. The molecule has 0 aliphatic carbocycles. The average Bonchev–Trinajstić information content (AvgIpc) is 3.48. The van der Waals surface area contributed by atoms with Crippen molar-refractivity contribution in [3.8, 4) is 22.9 Å². The predicted octanol–water partition coefficient (Wildman–Crippen LogP) is 5.94. The molecule has 1 atom stereocenters. The maximum Gasteiger partial charge on any atom is 0.222 e. The van der Waals surface area contributed by atoms with Crippen molar-refractivity contribution in [2.45, 2.75) is 32.0 Å². The van der Waals surface area contributed by atoms with Crippen LogP contribution in [0.4, 0.5) is 4.39 Å². The Morgan fingerprint density at radius 1 is 1.11 bits per heavy atom. The Balaban J connectivity index is 1.70. The summed E-state index contributed by atoms with van der Waals surface area (Å²) in [4.78, 5) is 2.12. The summed E-state index contributed by atoms with van der Waals surface area (Å²) in [6.07, 6.45) is 4.28. The number of hydrogen-bond donors (Lipinski definition) is 1. The van der Waals surface area contributed by atoms with E-state index in [2.05, 4.69) is 11.5 Å². The van der Waals surface area contributed by atoms with Crippen LogP contribution in [0, 0.1) is 5.82 Å². The van der Waals surface area contributed by atoms with Crippen molar-refractivity contribution < 1.29 is 18.7 Å². The van der Waals surface area contributed by atoms with Gasteiger partial charge in [-0.15, -0.1) is 6.58 Å². The fourth-order valence-electron chi connectivity index (χ4n) is 4.00. The van der Waals surface area contributed by atoms with E-state index in [-0.39, 0.29) is 5.82 Å². The van der Waals surface area contributed by atoms with Crippen LogP contribution in [0.25, 0.3) is 11.3 Å². The van der Waals surface area contributed by atoms with Crippen molar-refractivity contribution >= 4 is 0 Å². The van der Waals surface area contributed by atoms with E-state index in [1.54, 1.807) is 23.1 Å². The normalized spacial score (nSPS) is 12.1. The first kappa shape index (κ1) is 24.4. The summed E-state index contributed by atoms with van der Waals surface area (Å²) >= 11 is 0. The lowest BCUT2D eigenvalue weighted by Gasteiger charge is -2.24. The fourth-order valence-corrected chi connectivity index (χ4v) is 4.00. The number of aliphatic hydroxyl groups is 1. The molecule has 2 aromatic heterocycles. The van der Waals surface area contributed by atoms with Crippen molar-refractivity contribution in [3.63, 3.8) is 0 Å². The molecule has 6 nitrogen and oxygen atoms in total. The maximum absolute atomic E-state index is 13.5. The lowest BCUT2D eigenvalue weighted by atomic mass is 10.1. The van der Waals surface area contributed by atoms with E-state index in [0.717, 1.165) is 29.0 Å². The quantitative estimate of drug-likeness (QED) is 0.257. The molecule has 0 aliphatic heterocycles. The molecule has 0 radical (unpaired) electrons. The van der Waals surface area contributed by atoms with E-state index in [1.807, 2.05) is 55.6 Å². The summed E-state index contributed by atoms with van der Waals surface area (Å²) in [5, 5.41) is 15.4. The second kappa shape index (κ2) is 11.6. The minimum absolute atomic E-state index is 0.328. The molecule has 0 saturated carbocycles. The van der Waals surface area contributed by atoms with Gasteiger partial charge in [0.05, 0.1) is 24.5 Å². The van der Waals surface area contributed by atoms with Gasteiger partial charge in [0.2, 0.25) is 5.88 Å². The van der Waals surface area contributed by atoms with Crippen LogP contribution in [-0.4, -0.2) is 32.4 Å². The number of ether oxygens (including phenoxy) is 1. The van der Waals surface area contributed by atoms with Gasteiger partial charge in [0.25, 0.3) is 0 Å². The highest BCUT2D eigenvalue weighted by atomic mass is 19.1. The lowest BCUT2D eigenvalue weighted by molar-refractivity contribution is 0.0941. The Hall–Kier alpha value is -3.68. The minimum Gasteiger partial charge on any atom is -0.468 e. The Bertz CT molecular complexity index is 1200. The monoisotopic (exact) mass is 475 g/mol. The van der Waals surface area contributed by atoms with Crippen LogP contribution in [0.1, 0.15) is 24.2 Å². The zero-order valence-electron chi connectivity index (χ0n) is 19.8. The van der Waals surface area contributed by atoms with E-state index in [1.165, 1.54) is 12.1 Å². The second-order valence-corrected chi connectivity index (χ2v) is 8.45. The summed E-state index contributed by atoms with van der Waals surface area (Å²) in [6, 6.07) is 19.6. The van der Waals surface area contributed by atoms with Crippen molar-refractivity contribution in [2.24, 2.45) is 7.05 Å². The van der Waals surface area contributed by atoms with Crippen molar-refractivity contribution in [1.29, 1.82) is 0 Å². The number of nitrogens with zero attached hydrogens (tertiary/aromatic N) is 3. The number of aliphatic hydroxyl groups excluding tert-OH is 1. The lowest BCUT2D eigenvalue weighted by Crippen LogP contribution is -2.31. The molecular weight excluding hydrogens is 445 g/mol. The first-order valence-electron chi connectivity index (χ1n) is 11.6. The molecule has 0 spiro atoms. The van der Waals surface area contributed by atoms with E-state index in [9.17, 15) is 9.50 Å². The van der Waals surface area contributed by atoms with Gasteiger partial charge in [0, 0.05) is 25.7 Å². The summed E-state index contributed by atoms with van der Waals surface area (Å²) < 4.78 is 27.0. The summed E-state index contributed by atoms with van der Waals surface area (Å²) in [6.45, 7) is 5.16. The minimum atomic E-state index is -0.527. The van der Waals surface area contributed by atoms with Gasteiger partial charge in [-0.25, -0.2) is 9.07 Å². The Morgan fingerprint density at radius 2 is 1.89 bits per heavy atom. The van der Waals surface area contributed by atoms with Crippen LogP contribution in [-0.2, 0) is 20.1 Å². The van der Waals surface area contributed by atoms with Crippen molar-refractivity contribution in [3.05, 3.63) is 103 Å². The highest BCUT2D eigenvalue weighted by Crippen LogP contribution is 2.34. The third kappa shape index (κ3) is 6.47. The molecule has 2 aromatic carbocycles. The van der Waals surface area contributed by atoms with Crippen LogP contribution >= 0.6 is 0 Å². The van der Waals surface area contributed by atoms with Crippen LogP contribution in [0.3, 0.4) is 0 Å². The molecule has 0 saturated heterocycles. The van der Waals surface area contributed by atoms with Crippen molar-refractivity contribution in [2.75, 3.05) is 6.54 Å². The van der Waals surface area contributed by atoms with Crippen LogP contribution in [0.15, 0.2) is 90.1 Å². The Kier molecular flexibility index (Phi) is 8.13. The van der Waals surface area contributed by atoms with Gasteiger partial charge < -0.3 is 14.3 Å². The number of aryl methyl sites for hydroxylation is 1. The highest BCUT2D eigenvalue weighted by molar-refractivity contribution is 5.65. The molecule has 1 N–H and O–H groups in total. The van der Waals surface area contributed by atoms with Gasteiger partial charge in [0.15, 0.2) is 0 Å². The van der Waals surface area contributed by atoms with Crippen LogP contribution < -0.4 is 4.74 Å². The fraction of sp³-hybridized carbons (Fsp3) is 0.250. The maximum atomic E-state index is 13.5. The number of halogens is 1. The number of aromatic nitrogens is 2. The van der Waals surface area contributed by atoms with Gasteiger partial charge >= 0.3 is 0 Å². The van der Waals surface area contributed by atoms with E-state index in [4.69, 9.17) is 14.3 Å². The standard InChI is InChI=1S/C28H30FN3O3/c1-3-4-11-23(33)18-32(19-25-12-8-17-34-25)20-26-27(21-9-6-5-7-10-21)30-31(2)28(26)35-24-15-13-22(29)14-16-24/h3,5-10,12-17,23,33H,1,4,11,18-20H2,2H3/t23-/m1/s1. The third-order valence-corrected chi connectivity index (χ3v) is 5.68. The second-order valence-electron chi connectivity index (χ2n) is 8.45. The molecule has 4 rings (SSSR count). The zero-order chi connectivity index (χ0) is 24.6. The molecule has 0 fully saturated rings. The molecule has 2 heterocycles. The van der Waals surface area contributed by atoms with Gasteiger partial charge in [-0.3, -0.25) is 4.90 Å². The predicted molar refractivity (Wildman–Crippen MR) is 133 cm³/mol. The number of rotatable bonds is 12. The summed E-state index contributed by atoms with van der Waals surface area (Å²) in [5.74, 6) is 1.54. The Morgan fingerprint density at radius 3 is 2.57 bits per heavy atom. The summed E-state index contributed by atoms with van der Waals surface area (Å²) in [5.41, 5.74) is 2.61. The molecular formula is C28H30FN3O3. The number of furan rings is 1. The number of hydrogen-bond acceptors (Lipinski definition) is 5. The van der Waals surface area contributed by atoms with Gasteiger partial charge in [-0.2, -0.15) is 5.10 Å². The SMILES string of the molecule is C=CCC[C@@H](O)CN(Cc1ccco1)Cc1c(-c2ccccc2)nn(C)c1Oc1ccc(F)cc1. The van der Waals surface area contributed by atoms with Gasteiger partial charge in [0.1, 0.15) is 23.0 Å². The van der Waals surface area contributed by atoms with Gasteiger partial charge in [-0.05, 0) is 49.2 Å². The van der Waals surface area contributed by atoms with E-state index in [0.29, 0.717) is 37.7 Å². The topological polar surface area (TPSA) is 63.7 Å². The largest absolute Gasteiger partial charge is 0.468 e. The summed E-state index contributed by atoms with van der Waals surface area (Å²) in [7, 11) is 1.82. The average molecular weight is 476 g/mol. The third-order valence-electron chi connectivity index (χ3n) is 5.68. The molecule has 35 heavy (non-hydrogen) atoms. The highest BCUT2D eigenvalue weighted by Gasteiger charge is 2.24. The first-order chi connectivity index (χ1) is 17.0. The van der Waals surface area contributed by atoms with E-state index < -0.39 is 6.10 Å². The first-order valence-corrected chi connectivity index (χ1v) is 11.6. The number of benzene rings is 2. The van der Waals surface area contributed by atoms with E-state index >= 15 is 0 Å². The molecule has 0 aliphatic rings. The van der Waals surface area contributed by atoms with Gasteiger partial charge in [-0.1, -0.05) is 36.4 Å². The molecule has 0 amide bonds. The molecule has 0 unspecified atom stereocenters. The Labute approximate surface area is 204 Å². The molecule has 4 aromatic rings. The zero-order valence-corrected chi connectivity index (χ0v) is 19.8. The molecule has 7 heteroatoms. The van der Waals surface area contributed by atoms with Crippen LogP contribution in [0.2, 0.25) is 0 Å². The molecule has 0 bridgehead atoms. The van der Waals surface area contributed by atoms with Crippen molar-refractivity contribution in [1.82, 2.24) is 14.7 Å². The van der Waals surface area contributed by atoms with Crippen LogP contribution in [0.5, 0.6) is 11.6 Å².